The highest BCUT2D eigenvalue weighted by Crippen LogP contribution is 2.29. The van der Waals surface area contributed by atoms with Crippen LogP contribution in [0.4, 0.5) is 0 Å². The van der Waals surface area contributed by atoms with Gasteiger partial charge in [-0.2, -0.15) is 0 Å². The average molecular weight is 262 g/mol. The van der Waals surface area contributed by atoms with E-state index in [4.69, 9.17) is 20.4 Å². The van der Waals surface area contributed by atoms with Crippen LogP contribution in [-0.4, -0.2) is 26.7 Å². The number of benzene rings is 2. The third-order valence-corrected chi connectivity index (χ3v) is 2.24. The summed E-state index contributed by atoms with van der Waals surface area (Å²) in [5, 5.41) is 35.4. The number of hydrogen-bond donors (Lipinski definition) is 4. The topological polar surface area (TPSA) is 98.0 Å². The maximum absolute atomic E-state index is 10.2. The molecule has 0 fully saturated rings. The Morgan fingerprint density at radius 2 is 1.47 bits per heavy atom. The molecule has 0 aromatic heterocycles. The van der Waals surface area contributed by atoms with Gasteiger partial charge in [0.2, 0.25) is 0 Å². The number of hydrogen-bond acceptors (Lipinski definition) is 5. The Hall–Kier alpha value is -2.69. The number of aryl methyl sites for hydroxylation is 1. The van der Waals surface area contributed by atoms with E-state index < -0.39 is 11.5 Å². The molecule has 5 heteroatoms. The van der Waals surface area contributed by atoms with Gasteiger partial charge in [-0.3, -0.25) is 4.79 Å². The fourth-order valence-corrected chi connectivity index (χ4v) is 1.36. The second kappa shape index (κ2) is 6.30. The van der Waals surface area contributed by atoms with E-state index in [0.29, 0.717) is 12.0 Å². The number of aromatic hydroxyl groups is 4. The maximum Gasteiger partial charge on any atom is 0.157 e. The van der Waals surface area contributed by atoms with Crippen molar-refractivity contribution in [2.45, 2.75) is 6.92 Å². The predicted octanol–water partition coefficient (Wildman–Crippen LogP) is 2.32. The summed E-state index contributed by atoms with van der Waals surface area (Å²) in [5.41, 5.74) is 0.868. The van der Waals surface area contributed by atoms with Gasteiger partial charge in [-0.25, -0.2) is 0 Å². The molecule has 0 saturated carbocycles. The zero-order valence-corrected chi connectivity index (χ0v) is 10.2. The normalized spacial score (nSPS) is 9.32. The Morgan fingerprint density at radius 3 is 1.84 bits per heavy atom. The number of carbonyl (C=O) groups excluding carboxylic acids is 1. The molecule has 0 bridgehead atoms. The zero-order chi connectivity index (χ0) is 14.4. The number of aldehydes is 1. The molecule has 0 aliphatic heterocycles. The molecule has 0 aliphatic rings. The van der Waals surface area contributed by atoms with Crippen LogP contribution in [0.1, 0.15) is 15.9 Å². The van der Waals surface area contributed by atoms with E-state index in [0.717, 1.165) is 17.7 Å². The van der Waals surface area contributed by atoms with Crippen LogP contribution in [0.2, 0.25) is 0 Å². The lowest BCUT2D eigenvalue weighted by molar-refractivity contribution is 0.111. The van der Waals surface area contributed by atoms with Crippen LogP contribution in [0.15, 0.2) is 36.4 Å². The minimum atomic E-state index is -0.433. The van der Waals surface area contributed by atoms with Crippen LogP contribution < -0.4 is 0 Å². The quantitative estimate of drug-likeness (QED) is 0.591. The molecule has 2 rings (SSSR count). The Bertz CT molecular complexity index is 538. The molecule has 0 unspecified atom stereocenters. The van der Waals surface area contributed by atoms with Gasteiger partial charge in [0.1, 0.15) is 23.0 Å². The summed E-state index contributed by atoms with van der Waals surface area (Å²) in [7, 11) is 0. The summed E-state index contributed by atoms with van der Waals surface area (Å²) in [6, 6.07) is 9.10. The third kappa shape index (κ3) is 4.23. The van der Waals surface area contributed by atoms with Crippen LogP contribution >= 0.6 is 0 Å². The Balaban J connectivity index is 0.000000200. The molecule has 0 saturated heterocycles. The predicted molar refractivity (Wildman–Crippen MR) is 69.7 cm³/mol. The van der Waals surface area contributed by atoms with Crippen molar-refractivity contribution in [1.82, 2.24) is 0 Å². The number of phenols is 4. The maximum atomic E-state index is 10.2. The third-order valence-electron chi connectivity index (χ3n) is 2.24. The molecule has 0 atom stereocenters. The van der Waals surface area contributed by atoms with Gasteiger partial charge >= 0.3 is 0 Å². The second-order valence-electron chi connectivity index (χ2n) is 3.85. The zero-order valence-electron chi connectivity index (χ0n) is 10.2. The first-order valence-electron chi connectivity index (χ1n) is 5.39. The van der Waals surface area contributed by atoms with Crippen LogP contribution in [0.3, 0.4) is 0 Å². The highest BCUT2D eigenvalue weighted by Gasteiger charge is 2.07. The summed E-state index contributed by atoms with van der Waals surface area (Å²) >= 11 is 0. The molecule has 2 aromatic carbocycles. The van der Waals surface area contributed by atoms with E-state index in [9.17, 15) is 4.79 Å². The first-order valence-corrected chi connectivity index (χ1v) is 5.39. The van der Waals surface area contributed by atoms with Crippen molar-refractivity contribution >= 4 is 6.29 Å². The fraction of sp³-hybridized carbons (Fsp3) is 0.0714. The summed E-state index contributed by atoms with van der Waals surface area (Å²) < 4.78 is 0. The molecule has 0 aliphatic carbocycles. The smallest absolute Gasteiger partial charge is 0.157 e. The first kappa shape index (κ1) is 14.4. The molecule has 0 spiro atoms. The van der Waals surface area contributed by atoms with Crippen LogP contribution in [0, 0.1) is 6.92 Å². The molecule has 2 aromatic rings. The van der Waals surface area contributed by atoms with Gasteiger partial charge in [0.15, 0.2) is 6.29 Å². The van der Waals surface area contributed by atoms with Gasteiger partial charge in [-0.15, -0.1) is 0 Å². The van der Waals surface area contributed by atoms with E-state index in [1.165, 1.54) is 0 Å². The molecule has 4 N–H and O–H groups in total. The van der Waals surface area contributed by atoms with Gasteiger partial charge < -0.3 is 20.4 Å². The van der Waals surface area contributed by atoms with Crippen LogP contribution in [0.25, 0.3) is 0 Å². The van der Waals surface area contributed by atoms with Gasteiger partial charge in [-0.1, -0.05) is 12.1 Å². The van der Waals surface area contributed by atoms with Crippen molar-refractivity contribution < 1.29 is 25.2 Å². The summed E-state index contributed by atoms with van der Waals surface area (Å²) in [5.74, 6) is -0.814. The lowest BCUT2D eigenvalue weighted by Gasteiger charge is -2.00. The van der Waals surface area contributed by atoms with E-state index >= 15 is 0 Å². The van der Waals surface area contributed by atoms with Gasteiger partial charge in [-0.05, 0) is 24.6 Å². The molecule has 0 amide bonds. The number of phenolic OH excluding ortho intramolecular Hbond substituents is 4. The Morgan fingerprint density at radius 1 is 0.895 bits per heavy atom. The van der Waals surface area contributed by atoms with Gasteiger partial charge in [0.25, 0.3) is 0 Å². The molecular formula is C14H14O5. The minimum absolute atomic E-state index is 0.220. The minimum Gasteiger partial charge on any atom is -0.508 e. The van der Waals surface area contributed by atoms with E-state index in [2.05, 4.69) is 0 Å². The summed E-state index contributed by atoms with van der Waals surface area (Å²) in [6.07, 6.45) is 0.310. The largest absolute Gasteiger partial charge is 0.508 e. The highest BCUT2D eigenvalue weighted by molar-refractivity contribution is 5.83. The van der Waals surface area contributed by atoms with Crippen molar-refractivity contribution in [1.29, 1.82) is 0 Å². The van der Waals surface area contributed by atoms with Crippen molar-refractivity contribution in [2.24, 2.45) is 0 Å². The Kier molecular flexibility index (Phi) is 4.76. The molecular weight excluding hydrogens is 248 g/mol. The number of carbonyl (C=O) groups is 1. The van der Waals surface area contributed by atoms with Crippen molar-refractivity contribution in [3.63, 3.8) is 0 Å². The lowest BCUT2D eigenvalue weighted by Crippen LogP contribution is -1.81. The second-order valence-corrected chi connectivity index (χ2v) is 3.85. The van der Waals surface area contributed by atoms with E-state index in [-0.39, 0.29) is 11.3 Å². The van der Waals surface area contributed by atoms with Gasteiger partial charge in [0.05, 0.1) is 5.56 Å². The standard InChI is InChI=1S/C7H6O4.C7H8O/c8-3-5-6(10)1-4(9)2-7(5)11;1-6-3-2-4-7(8)5-6/h1-3,9-11H;2-5,8H,1H3. The molecule has 5 nitrogen and oxygen atoms in total. The lowest BCUT2D eigenvalue weighted by atomic mass is 10.2. The van der Waals surface area contributed by atoms with Crippen LogP contribution in [-0.2, 0) is 0 Å². The average Bonchev–Trinajstić information content (AvgIpc) is 2.28. The van der Waals surface area contributed by atoms with Crippen LogP contribution in [0.5, 0.6) is 23.0 Å². The first-order chi connectivity index (χ1) is 8.93. The van der Waals surface area contributed by atoms with Crippen molar-refractivity contribution in [2.75, 3.05) is 0 Å². The summed E-state index contributed by atoms with van der Waals surface area (Å²) in [6.45, 7) is 1.94. The van der Waals surface area contributed by atoms with E-state index in [1.807, 2.05) is 19.1 Å². The van der Waals surface area contributed by atoms with Crippen molar-refractivity contribution in [3.05, 3.63) is 47.5 Å². The number of rotatable bonds is 1. The summed E-state index contributed by atoms with van der Waals surface area (Å²) in [4.78, 5) is 10.2. The molecule has 0 heterocycles. The highest BCUT2D eigenvalue weighted by atomic mass is 16.3. The van der Waals surface area contributed by atoms with Crippen molar-refractivity contribution in [3.8, 4) is 23.0 Å². The molecule has 0 radical (unpaired) electrons. The monoisotopic (exact) mass is 262 g/mol. The SMILES string of the molecule is Cc1cccc(O)c1.O=Cc1c(O)cc(O)cc1O. The molecule has 100 valence electrons. The molecule has 19 heavy (non-hydrogen) atoms. The van der Waals surface area contributed by atoms with E-state index in [1.54, 1.807) is 12.1 Å². The Labute approximate surface area is 110 Å². The van der Waals surface area contributed by atoms with Gasteiger partial charge in [0, 0.05) is 12.1 Å². The fourth-order valence-electron chi connectivity index (χ4n) is 1.36.